The van der Waals surface area contributed by atoms with E-state index in [4.69, 9.17) is 4.74 Å². The number of H-pyrrole nitrogens is 1. The highest BCUT2D eigenvalue weighted by atomic mass is 32.1. The van der Waals surface area contributed by atoms with Gasteiger partial charge in [0.05, 0.1) is 17.3 Å². The fraction of sp³-hybridized carbons (Fsp3) is 0.407. The Bertz CT molecular complexity index is 1460. The van der Waals surface area contributed by atoms with E-state index in [0.717, 1.165) is 46.3 Å². The number of hydrogen-bond acceptors (Lipinski definition) is 5. The van der Waals surface area contributed by atoms with E-state index in [1.54, 1.807) is 17.7 Å². The van der Waals surface area contributed by atoms with Crippen molar-refractivity contribution < 1.29 is 4.74 Å². The fourth-order valence-corrected chi connectivity index (χ4v) is 5.73. The Morgan fingerprint density at radius 2 is 1.82 bits per heavy atom. The van der Waals surface area contributed by atoms with Crippen LogP contribution >= 0.6 is 11.5 Å². The SMILES string of the molecule is CC.CC.COc1c(-c2ccc3c(c2)CNC3C)ccn2c(=O)c3c(=O)[nH]sc3c(C3CC3)c12. The van der Waals surface area contributed by atoms with Crippen molar-refractivity contribution in [2.24, 2.45) is 0 Å². The molecule has 34 heavy (non-hydrogen) atoms. The van der Waals surface area contributed by atoms with E-state index in [1.165, 1.54) is 22.7 Å². The highest BCUT2D eigenvalue weighted by Gasteiger charge is 2.32. The van der Waals surface area contributed by atoms with Crippen LogP contribution in [0.5, 0.6) is 5.75 Å². The van der Waals surface area contributed by atoms with Crippen LogP contribution in [0.15, 0.2) is 40.1 Å². The molecule has 2 N–H and O–H groups in total. The standard InChI is InChI=1S/C23H21N3O3S.2C2H6/c1-11-15-6-5-13(9-14(15)10-24-11)16-7-8-26-19(20(16)29-2)17(12-3-4-12)21-18(23(26)28)22(27)25-30-21;2*1-2/h5-9,11-12,24H,3-4,10H2,1-2H3,(H,25,27);2*1-2H3. The monoisotopic (exact) mass is 479 g/mol. The zero-order chi connectivity index (χ0) is 24.6. The molecule has 1 saturated carbocycles. The van der Waals surface area contributed by atoms with Gasteiger partial charge in [-0.05, 0) is 54.5 Å². The molecule has 1 aromatic carbocycles. The highest BCUT2D eigenvalue weighted by molar-refractivity contribution is 7.13. The van der Waals surface area contributed by atoms with Crippen molar-refractivity contribution in [3.8, 4) is 16.9 Å². The molecule has 4 aromatic rings. The Hall–Kier alpha value is -2.90. The van der Waals surface area contributed by atoms with Crippen LogP contribution in [-0.4, -0.2) is 15.9 Å². The van der Waals surface area contributed by atoms with Gasteiger partial charge in [-0.3, -0.25) is 18.4 Å². The number of nitrogens with zero attached hydrogens (tertiary/aromatic N) is 1. The summed E-state index contributed by atoms with van der Waals surface area (Å²) in [5.74, 6) is 1.04. The molecule has 4 heterocycles. The molecule has 180 valence electrons. The molecule has 6 rings (SSSR count). The summed E-state index contributed by atoms with van der Waals surface area (Å²) in [5, 5.41) is 3.73. The summed E-state index contributed by atoms with van der Waals surface area (Å²) in [5.41, 5.74) is 5.90. The minimum atomic E-state index is -0.306. The van der Waals surface area contributed by atoms with Crippen LogP contribution in [0.1, 0.15) is 76.1 Å². The molecule has 7 heteroatoms. The molecule has 0 bridgehead atoms. The van der Waals surface area contributed by atoms with Crippen molar-refractivity contribution in [2.75, 3.05) is 7.11 Å². The van der Waals surface area contributed by atoms with Gasteiger partial charge in [0.25, 0.3) is 11.1 Å². The summed E-state index contributed by atoms with van der Waals surface area (Å²) in [6, 6.07) is 8.79. The number of ether oxygens (including phenoxy) is 1. The summed E-state index contributed by atoms with van der Waals surface area (Å²) in [6.45, 7) is 11.0. The summed E-state index contributed by atoms with van der Waals surface area (Å²) in [7, 11) is 1.65. The van der Waals surface area contributed by atoms with Gasteiger partial charge in [0.1, 0.15) is 5.39 Å². The van der Waals surface area contributed by atoms with Gasteiger partial charge in [-0.1, -0.05) is 51.4 Å². The second-order valence-corrected chi connectivity index (χ2v) is 9.04. The third-order valence-corrected chi connectivity index (χ3v) is 7.35. The van der Waals surface area contributed by atoms with Crippen LogP contribution in [0.2, 0.25) is 0 Å². The number of rotatable bonds is 3. The Labute approximate surface area is 203 Å². The largest absolute Gasteiger partial charge is 0.494 e. The van der Waals surface area contributed by atoms with Gasteiger partial charge in [-0.15, -0.1) is 0 Å². The maximum absolute atomic E-state index is 13.2. The van der Waals surface area contributed by atoms with E-state index in [9.17, 15) is 9.59 Å². The van der Waals surface area contributed by atoms with E-state index in [-0.39, 0.29) is 16.5 Å². The fourth-order valence-electron chi connectivity index (χ4n) is 4.78. The third-order valence-electron chi connectivity index (χ3n) is 6.43. The second-order valence-electron chi connectivity index (χ2n) is 8.23. The Morgan fingerprint density at radius 3 is 2.50 bits per heavy atom. The molecule has 1 aliphatic heterocycles. The first-order valence-electron chi connectivity index (χ1n) is 12.2. The predicted octanol–water partition coefficient (Wildman–Crippen LogP) is 5.97. The lowest BCUT2D eigenvalue weighted by Gasteiger charge is -2.17. The van der Waals surface area contributed by atoms with Crippen molar-refractivity contribution in [3.05, 3.63) is 67.9 Å². The summed E-state index contributed by atoms with van der Waals surface area (Å²) in [4.78, 5) is 25.5. The van der Waals surface area contributed by atoms with E-state index >= 15 is 0 Å². The average Bonchev–Trinajstić information content (AvgIpc) is 3.55. The molecular formula is C27H33N3O3S. The molecule has 0 radical (unpaired) electrons. The number of pyridine rings is 2. The highest BCUT2D eigenvalue weighted by Crippen LogP contribution is 2.48. The summed E-state index contributed by atoms with van der Waals surface area (Å²) in [6.07, 6.45) is 3.90. The van der Waals surface area contributed by atoms with Crippen LogP contribution < -0.4 is 21.2 Å². The first-order chi connectivity index (χ1) is 16.6. The minimum Gasteiger partial charge on any atom is -0.494 e. The van der Waals surface area contributed by atoms with Crippen LogP contribution in [0, 0.1) is 0 Å². The summed E-state index contributed by atoms with van der Waals surface area (Å²) >= 11 is 1.26. The van der Waals surface area contributed by atoms with E-state index in [2.05, 4.69) is 34.8 Å². The molecule has 1 aliphatic carbocycles. The zero-order valence-electron chi connectivity index (χ0n) is 20.7. The predicted molar refractivity (Wildman–Crippen MR) is 142 cm³/mol. The molecule has 1 unspecified atom stereocenters. The van der Waals surface area contributed by atoms with Gasteiger partial charge in [0, 0.05) is 29.9 Å². The van der Waals surface area contributed by atoms with Crippen molar-refractivity contribution in [2.45, 2.75) is 66.0 Å². The van der Waals surface area contributed by atoms with Gasteiger partial charge in [-0.25, -0.2) is 0 Å². The van der Waals surface area contributed by atoms with E-state index in [0.29, 0.717) is 17.7 Å². The van der Waals surface area contributed by atoms with Gasteiger partial charge in [0.2, 0.25) is 0 Å². The van der Waals surface area contributed by atoms with Crippen molar-refractivity contribution in [3.63, 3.8) is 0 Å². The van der Waals surface area contributed by atoms with Crippen LogP contribution in [-0.2, 0) is 6.54 Å². The number of benzene rings is 1. The molecule has 0 saturated heterocycles. The van der Waals surface area contributed by atoms with Crippen molar-refractivity contribution in [1.29, 1.82) is 0 Å². The Kier molecular flexibility index (Phi) is 6.96. The van der Waals surface area contributed by atoms with Crippen molar-refractivity contribution in [1.82, 2.24) is 14.1 Å². The van der Waals surface area contributed by atoms with E-state index in [1.807, 2.05) is 33.8 Å². The first-order valence-corrected chi connectivity index (χ1v) is 13.0. The van der Waals surface area contributed by atoms with E-state index < -0.39 is 0 Å². The molecule has 0 spiro atoms. The number of nitrogens with one attached hydrogen (secondary N) is 2. The van der Waals surface area contributed by atoms with Gasteiger partial charge in [0.15, 0.2) is 5.75 Å². The second kappa shape index (κ2) is 9.76. The van der Waals surface area contributed by atoms with Crippen molar-refractivity contribution >= 4 is 27.1 Å². The molecule has 6 nitrogen and oxygen atoms in total. The lowest BCUT2D eigenvalue weighted by molar-refractivity contribution is 0.419. The molecule has 0 amide bonds. The normalized spacial score (nSPS) is 16.5. The van der Waals surface area contributed by atoms with Crippen LogP contribution in [0.3, 0.4) is 0 Å². The number of aromatic nitrogens is 2. The smallest absolute Gasteiger partial charge is 0.271 e. The van der Waals surface area contributed by atoms with Crippen LogP contribution in [0.25, 0.3) is 26.7 Å². The molecule has 1 fully saturated rings. The number of hydrogen-bond donors (Lipinski definition) is 2. The first kappa shape index (κ1) is 24.2. The Morgan fingerprint density at radius 1 is 1.09 bits per heavy atom. The Balaban J connectivity index is 0.000000652. The number of fused-ring (bicyclic) bond motifs is 3. The van der Waals surface area contributed by atoms with Gasteiger partial charge in [-0.2, -0.15) is 0 Å². The van der Waals surface area contributed by atoms with Gasteiger partial charge < -0.3 is 10.1 Å². The number of methoxy groups -OCH3 is 1. The molecule has 1 atom stereocenters. The zero-order valence-corrected chi connectivity index (χ0v) is 21.6. The molecule has 2 aliphatic rings. The lowest BCUT2D eigenvalue weighted by Crippen LogP contribution is -2.20. The maximum Gasteiger partial charge on any atom is 0.271 e. The topological polar surface area (TPSA) is 75.6 Å². The average molecular weight is 480 g/mol. The van der Waals surface area contributed by atoms with Crippen LogP contribution in [0.4, 0.5) is 0 Å². The summed E-state index contributed by atoms with van der Waals surface area (Å²) < 4.78 is 11.0. The lowest BCUT2D eigenvalue weighted by atomic mass is 9.97. The third kappa shape index (κ3) is 3.77. The van der Waals surface area contributed by atoms with Gasteiger partial charge >= 0.3 is 0 Å². The maximum atomic E-state index is 13.2. The number of aromatic amines is 1. The quantitative estimate of drug-likeness (QED) is 0.379. The molecular weight excluding hydrogens is 446 g/mol. The molecule has 3 aromatic heterocycles. The minimum absolute atomic E-state index is 0.256.